The lowest BCUT2D eigenvalue weighted by molar-refractivity contribution is -0.133. The Morgan fingerprint density at radius 1 is 1.00 bits per heavy atom. The number of carbonyl (C=O) groups excluding carboxylic acids is 2. The van der Waals surface area contributed by atoms with Crippen LogP contribution in [0.1, 0.15) is 18.1 Å². The van der Waals surface area contributed by atoms with Crippen LogP contribution in [0.2, 0.25) is 0 Å². The number of carbonyl (C=O) groups is 2. The highest BCUT2D eigenvalue weighted by molar-refractivity contribution is 7.91. The van der Waals surface area contributed by atoms with Crippen LogP contribution in [0.25, 0.3) is 0 Å². The van der Waals surface area contributed by atoms with Crippen molar-refractivity contribution in [2.75, 3.05) is 5.75 Å². The highest BCUT2D eigenvalue weighted by atomic mass is 32.2. The van der Waals surface area contributed by atoms with Gasteiger partial charge in [0, 0.05) is 0 Å². The molecular weight excluding hydrogens is 356 g/mol. The van der Waals surface area contributed by atoms with Gasteiger partial charge < -0.3 is 16.2 Å². The fourth-order valence-electron chi connectivity index (χ4n) is 2.34. The monoisotopic (exact) mass is 376 g/mol. The zero-order valence-corrected chi connectivity index (χ0v) is 14.7. The third-order valence-corrected chi connectivity index (χ3v) is 5.56. The van der Waals surface area contributed by atoms with Crippen molar-refractivity contribution < 1.29 is 23.1 Å². The molecule has 138 valence electrons. The zero-order valence-electron chi connectivity index (χ0n) is 13.9. The maximum absolute atomic E-state index is 12.3. The summed E-state index contributed by atoms with van der Waals surface area (Å²) in [5.74, 6) is -2.06. The summed E-state index contributed by atoms with van der Waals surface area (Å²) < 4.78 is 24.6. The Morgan fingerprint density at radius 3 is 2.08 bits per heavy atom. The van der Waals surface area contributed by atoms with E-state index in [2.05, 4.69) is 5.32 Å². The highest BCUT2D eigenvalue weighted by Gasteiger charge is 2.26. The third kappa shape index (κ3) is 5.14. The SMILES string of the molecule is NC(=O)[C@H](CCS(=O)(=O)c1ccccc1)NC(=O)[C@@H](O)c1ccccc1. The average molecular weight is 376 g/mol. The number of hydrogen-bond donors (Lipinski definition) is 3. The molecule has 0 radical (unpaired) electrons. The van der Waals surface area contributed by atoms with Gasteiger partial charge in [0.1, 0.15) is 6.04 Å². The van der Waals surface area contributed by atoms with Gasteiger partial charge in [-0.15, -0.1) is 0 Å². The maximum Gasteiger partial charge on any atom is 0.254 e. The molecule has 0 aliphatic rings. The minimum absolute atomic E-state index is 0.124. The number of nitrogens with two attached hydrogens (primary N) is 1. The highest BCUT2D eigenvalue weighted by Crippen LogP contribution is 2.14. The zero-order chi connectivity index (χ0) is 19.2. The summed E-state index contributed by atoms with van der Waals surface area (Å²) in [7, 11) is -3.62. The molecule has 0 bridgehead atoms. The first kappa shape index (κ1) is 19.6. The molecule has 2 rings (SSSR count). The Labute approximate surface area is 151 Å². The minimum Gasteiger partial charge on any atom is -0.378 e. The summed E-state index contributed by atoms with van der Waals surface area (Å²) in [5.41, 5.74) is 5.61. The minimum atomic E-state index is -3.62. The summed E-state index contributed by atoms with van der Waals surface area (Å²) in [6.45, 7) is 0. The van der Waals surface area contributed by atoms with Crippen LogP contribution in [0, 0.1) is 0 Å². The molecule has 0 heterocycles. The molecule has 26 heavy (non-hydrogen) atoms. The number of benzene rings is 2. The molecule has 0 aromatic heterocycles. The van der Waals surface area contributed by atoms with Crippen LogP contribution in [0.15, 0.2) is 65.6 Å². The summed E-state index contributed by atoms with van der Waals surface area (Å²) in [6, 6.07) is 14.7. The van der Waals surface area contributed by atoms with E-state index in [1.165, 1.54) is 12.1 Å². The molecule has 0 saturated carbocycles. The number of nitrogens with one attached hydrogen (secondary N) is 1. The molecule has 2 amide bonds. The average Bonchev–Trinajstić information content (AvgIpc) is 2.65. The van der Waals surface area contributed by atoms with E-state index in [1.54, 1.807) is 48.5 Å². The van der Waals surface area contributed by atoms with Crippen LogP contribution >= 0.6 is 0 Å². The molecule has 4 N–H and O–H groups in total. The van der Waals surface area contributed by atoms with Crippen molar-refractivity contribution in [2.24, 2.45) is 5.73 Å². The fourth-order valence-corrected chi connectivity index (χ4v) is 3.70. The standard InChI is InChI=1S/C18H20N2O5S/c19-17(22)15(11-12-26(24,25)14-9-5-2-6-10-14)20-18(23)16(21)13-7-3-1-4-8-13/h1-10,15-16,21H,11-12H2,(H2,19,22)(H,20,23)/t15-,16-/m0/s1. The lowest BCUT2D eigenvalue weighted by Crippen LogP contribution is -2.47. The largest absolute Gasteiger partial charge is 0.378 e. The third-order valence-electron chi connectivity index (χ3n) is 3.80. The Morgan fingerprint density at radius 2 is 1.54 bits per heavy atom. The van der Waals surface area contributed by atoms with Gasteiger partial charge in [-0.1, -0.05) is 48.5 Å². The van der Waals surface area contributed by atoms with Gasteiger partial charge in [0.25, 0.3) is 5.91 Å². The van der Waals surface area contributed by atoms with E-state index >= 15 is 0 Å². The Kier molecular flexibility index (Phi) is 6.48. The second-order valence-corrected chi connectivity index (χ2v) is 7.81. The number of primary amides is 1. The maximum atomic E-state index is 12.3. The number of aliphatic hydroxyl groups excluding tert-OH is 1. The summed E-state index contributed by atoms with van der Waals surface area (Å²) in [6.07, 6.45) is -1.68. The predicted octanol–water partition coefficient (Wildman–Crippen LogP) is 0.554. The molecule has 0 aliphatic carbocycles. The number of sulfone groups is 1. The van der Waals surface area contributed by atoms with Crippen molar-refractivity contribution >= 4 is 21.7 Å². The summed E-state index contributed by atoms with van der Waals surface area (Å²) in [5, 5.41) is 12.4. The first-order chi connectivity index (χ1) is 12.3. The first-order valence-corrected chi connectivity index (χ1v) is 9.57. The molecule has 2 aromatic rings. The van der Waals surface area contributed by atoms with Crippen LogP contribution in [0.4, 0.5) is 0 Å². The Hall–Kier alpha value is -2.71. The van der Waals surface area contributed by atoms with E-state index in [9.17, 15) is 23.1 Å². The Bertz CT molecular complexity index is 854. The van der Waals surface area contributed by atoms with Gasteiger partial charge in [0.15, 0.2) is 15.9 Å². The van der Waals surface area contributed by atoms with Crippen molar-refractivity contribution in [1.82, 2.24) is 5.32 Å². The van der Waals surface area contributed by atoms with Gasteiger partial charge in [-0.2, -0.15) is 0 Å². The van der Waals surface area contributed by atoms with E-state index in [0.29, 0.717) is 5.56 Å². The van der Waals surface area contributed by atoms with Crippen LogP contribution < -0.4 is 11.1 Å². The van der Waals surface area contributed by atoms with E-state index in [4.69, 9.17) is 5.73 Å². The van der Waals surface area contributed by atoms with Crippen LogP contribution in [-0.4, -0.2) is 37.1 Å². The van der Waals surface area contributed by atoms with Gasteiger partial charge in [-0.3, -0.25) is 9.59 Å². The number of hydrogen-bond acceptors (Lipinski definition) is 5. The van der Waals surface area contributed by atoms with Crippen molar-refractivity contribution in [3.05, 3.63) is 66.2 Å². The van der Waals surface area contributed by atoms with Gasteiger partial charge in [-0.05, 0) is 24.1 Å². The Balaban J connectivity index is 2.03. The van der Waals surface area contributed by atoms with Crippen LogP contribution in [0.3, 0.4) is 0 Å². The topological polar surface area (TPSA) is 127 Å². The van der Waals surface area contributed by atoms with Gasteiger partial charge >= 0.3 is 0 Å². The molecule has 0 aliphatic heterocycles. The van der Waals surface area contributed by atoms with Gasteiger partial charge in [0.05, 0.1) is 10.6 Å². The van der Waals surface area contributed by atoms with Gasteiger partial charge in [-0.25, -0.2) is 8.42 Å². The predicted molar refractivity (Wildman–Crippen MR) is 95.6 cm³/mol. The van der Waals surface area contributed by atoms with E-state index in [0.717, 1.165) is 0 Å². The summed E-state index contributed by atoms with van der Waals surface area (Å²) in [4.78, 5) is 23.8. The molecule has 0 unspecified atom stereocenters. The van der Waals surface area contributed by atoms with E-state index < -0.39 is 33.8 Å². The molecule has 7 nitrogen and oxygen atoms in total. The molecule has 0 saturated heterocycles. The number of aliphatic hydroxyl groups is 1. The van der Waals surface area contributed by atoms with Crippen molar-refractivity contribution in [3.63, 3.8) is 0 Å². The van der Waals surface area contributed by atoms with Crippen molar-refractivity contribution in [1.29, 1.82) is 0 Å². The molecule has 2 aromatic carbocycles. The van der Waals surface area contributed by atoms with Crippen molar-refractivity contribution in [2.45, 2.75) is 23.5 Å². The number of rotatable bonds is 8. The normalized spacial score (nSPS) is 13.6. The lowest BCUT2D eigenvalue weighted by Gasteiger charge is -2.18. The quantitative estimate of drug-likeness (QED) is 0.620. The fraction of sp³-hybridized carbons (Fsp3) is 0.222. The lowest BCUT2D eigenvalue weighted by atomic mass is 10.1. The van der Waals surface area contributed by atoms with E-state index in [-0.39, 0.29) is 17.1 Å². The molecule has 0 fully saturated rings. The van der Waals surface area contributed by atoms with Gasteiger partial charge in [0.2, 0.25) is 5.91 Å². The van der Waals surface area contributed by atoms with Crippen molar-refractivity contribution in [3.8, 4) is 0 Å². The van der Waals surface area contributed by atoms with Crippen LogP contribution in [0.5, 0.6) is 0 Å². The van der Waals surface area contributed by atoms with E-state index in [1.807, 2.05) is 0 Å². The summed E-state index contributed by atoms with van der Waals surface area (Å²) >= 11 is 0. The van der Waals surface area contributed by atoms with Crippen LogP contribution in [-0.2, 0) is 19.4 Å². The smallest absolute Gasteiger partial charge is 0.254 e. The second-order valence-electron chi connectivity index (χ2n) is 5.70. The molecule has 0 spiro atoms. The first-order valence-electron chi connectivity index (χ1n) is 7.92. The number of amides is 2. The second kappa shape index (κ2) is 8.59. The molecular formula is C18H20N2O5S. The molecule has 2 atom stereocenters. The molecule has 8 heteroatoms.